The summed E-state index contributed by atoms with van der Waals surface area (Å²) in [5.41, 5.74) is -0.0708. The molecule has 1 saturated heterocycles. The summed E-state index contributed by atoms with van der Waals surface area (Å²) in [5.74, 6) is 0.996. The molecule has 2 fully saturated rings. The normalized spacial score (nSPS) is 18.5. The van der Waals surface area contributed by atoms with E-state index in [1.807, 2.05) is 0 Å². The van der Waals surface area contributed by atoms with Crippen molar-refractivity contribution in [2.45, 2.75) is 31.7 Å². The number of hydrogen-bond donors (Lipinski definition) is 1. The number of nitro benzene ring substituents is 1. The van der Waals surface area contributed by atoms with Crippen molar-refractivity contribution < 1.29 is 14.5 Å². The largest absolute Gasteiger partial charge is 0.497 e. The van der Waals surface area contributed by atoms with E-state index in [0.717, 1.165) is 25.3 Å². The van der Waals surface area contributed by atoms with Crippen molar-refractivity contribution in [1.82, 2.24) is 10.2 Å². The molecule has 1 aromatic carbocycles. The molecular weight excluding hydrogens is 310 g/mol. The number of carbonyl (C=O) groups is 1. The summed E-state index contributed by atoms with van der Waals surface area (Å²) in [5, 5.41) is 14.8. The van der Waals surface area contributed by atoms with Gasteiger partial charge in [0.05, 0.1) is 12.0 Å². The lowest BCUT2D eigenvalue weighted by Gasteiger charge is -2.32. The van der Waals surface area contributed by atoms with Gasteiger partial charge >= 0.3 is 0 Å². The summed E-state index contributed by atoms with van der Waals surface area (Å²) in [6.07, 6.45) is 4.42. The molecule has 1 saturated carbocycles. The maximum Gasteiger partial charge on any atom is 0.282 e. The zero-order valence-corrected chi connectivity index (χ0v) is 13.9. The topological polar surface area (TPSA) is 84.7 Å². The summed E-state index contributed by atoms with van der Waals surface area (Å²) in [6, 6.07) is 4.73. The van der Waals surface area contributed by atoms with Gasteiger partial charge in [0.2, 0.25) is 0 Å². The van der Waals surface area contributed by atoms with Gasteiger partial charge in [0, 0.05) is 25.2 Å². The van der Waals surface area contributed by atoms with Crippen LogP contribution in [0.1, 0.15) is 36.0 Å². The summed E-state index contributed by atoms with van der Waals surface area (Å²) < 4.78 is 5.10. The van der Waals surface area contributed by atoms with Crippen LogP contribution in [-0.2, 0) is 0 Å². The lowest BCUT2D eigenvalue weighted by atomic mass is 10.0. The van der Waals surface area contributed by atoms with Crippen LogP contribution in [-0.4, -0.2) is 48.5 Å². The first-order chi connectivity index (χ1) is 11.6. The zero-order valence-electron chi connectivity index (χ0n) is 13.9. The summed E-state index contributed by atoms with van der Waals surface area (Å²) >= 11 is 0. The van der Waals surface area contributed by atoms with E-state index in [1.54, 1.807) is 4.90 Å². The molecule has 0 aromatic heterocycles. The SMILES string of the molecule is COc1ccc([N+](=O)[O-])c(C(=O)N2CCC(NCC3CC3)CC2)c1. The average molecular weight is 333 g/mol. The van der Waals surface area contributed by atoms with E-state index in [9.17, 15) is 14.9 Å². The number of carbonyl (C=O) groups excluding carboxylic acids is 1. The Morgan fingerprint density at radius 3 is 2.62 bits per heavy atom. The van der Waals surface area contributed by atoms with E-state index in [1.165, 1.54) is 38.2 Å². The molecule has 0 radical (unpaired) electrons. The molecular formula is C17H23N3O4. The van der Waals surface area contributed by atoms with Crippen LogP contribution in [0.15, 0.2) is 18.2 Å². The molecule has 24 heavy (non-hydrogen) atoms. The molecule has 130 valence electrons. The van der Waals surface area contributed by atoms with Crippen LogP contribution in [0.2, 0.25) is 0 Å². The van der Waals surface area contributed by atoms with Crippen molar-refractivity contribution in [1.29, 1.82) is 0 Å². The number of nitro groups is 1. The molecule has 2 aliphatic rings. The van der Waals surface area contributed by atoms with Gasteiger partial charge in [-0.15, -0.1) is 0 Å². The molecule has 0 bridgehead atoms. The van der Waals surface area contributed by atoms with Crippen LogP contribution in [0.5, 0.6) is 5.75 Å². The van der Waals surface area contributed by atoms with Gasteiger partial charge in [-0.3, -0.25) is 14.9 Å². The molecule has 1 aliphatic carbocycles. The average Bonchev–Trinajstić information content (AvgIpc) is 3.43. The van der Waals surface area contributed by atoms with Crippen molar-refractivity contribution in [3.8, 4) is 5.75 Å². The molecule has 3 rings (SSSR count). The lowest BCUT2D eigenvalue weighted by molar-refractivity contribution is -0.385. The second-order valence-electron chi connectivity index (χ2n) is 6.56. The van der Waals surface area contributed by atoms with E-state index in [-0.39, 0.29) is 17.2 Å². The third kappa shape index (κ3) is 3.84. The second-order valence-corrected chi connectivity index (χ2v) is 6.56. The molecule has 1 amide bonds. The van der Waals surface area contributed by atoms with Crippen molar-refractivity contribution in [2.75, 3.05) is 26.7 Å². The Morgan fingerprint density at radius 2 is 2.04 bits per heavy atom. The minimum atomic E-state index is -0.517. The van der Waals surface area contributed by atoms with Crippen molar-refractivity contribution in [3.05, 3.63) is 33.9 Å². The highest BCUT2D eigenvalue weighted by Gasteiger charge is 2.29. The number of piperidine rings is 1. The Balaban J connectivity index is 1.64. The minimum Gasteiger partial charge on any atom is -0.497 e. The number of likely N-dealkylation sites (tertiary alicyclic amines) is 1. The molecule has 1 aromatic rings. The predicted octanol–water partition coefficient (Wildman–Crippen LogP) is 2.21. The van der Waals surface area contributed by atoms with Crippen LogP contribution >= 0.6 is 0 Å². The molecule has 0 spiro atoms. The molecule has 7 heteroatoms. The molecule has 0 atom stereocenters. The van der Waals surface area contributed by atoms with E-state index in [4.69, 9.17) is 4.74 Å². The van der Waals surface area contributed by atoms with Gasteiger partial charge < -0.3 is 15.0 Å². The van der Waals surface area contributed by atoms with Crippen molar-refractivity contribution in [3.63, 3.8) is 0 Å². The third-order valence-corrected chi connectivity index (χ3v) is 4.81. The van der Waals surface area contributed by atoms with Gasteiger partial charge in [0.25, 0.3) is 11.6 Å². The molecule has 7 nitrogen and oxygen atoms in total. The summed E-state index contributed by atoms with van der Waals surface area (Å²) in [6.45, 7) is 2.31. The second kappa shape index (κ2) is 7.17. The smallest absolute Gasteiger partial charge is 0.282 e. The maximum absolute atomic E-state index is 12.7. The van der Waals surface area contributed by atoms with Gasteiger partial charge in [0.1, 0.15) is 11.3 Å². The summed E-state index contributed by atoms with van der Waals surface area (Å²) in [7, 11) is 1.48. The highest BCUT2D eigenvalue weighted by Crippen LogP contribution is 2.29. The van der Waals surface area contributed by atoms with Gasteiger partial charge in [-0.1, -0.05) is 0 Å². The Bertz CT molecular complexity index is 622. The Hall–Kier alpha value is -2.15. The Morgan fingerprint density at radius 1 is 1.33 bits per heavy atom. The van der Waals surface area contributed by atoms with E-state index >= 15 is 0 Å². The number of benzene rings is 1. The number of methoxy groups -OCH3 is 1. The highest BCUT2D eigenvalue weighted by atomic mass is 16.6. The van der Waals surface area contributed by atoms with Gasteiger partial charge in [-0.05, 0) is 50.3 Å². The number of rotatable bonds is 6. The van der Waals surface area contributed by atoms with Crippen molar-refractivity contribution >= 4 is 11.6 Å². The van der Waals surface area contributed by atoms with Crippen LogP contribution < -0.4 is 10.1 Å². The van der Waals surface area contributed by atoms with Crippen molar-refractivity contribution in [2.24, 2.45) is 5.92 Å². The number of nitrogens with one attached hydrogen (secondary N) is 1. The molecule has 0 unspecified atom stereocenters. The van der Waals surface area contributed by atoms with E-state index in [0.29, 0.717) is 24.9 Å². The number of ether oxygens (including phenoxy) is 1. The first kappa shape index (κ1) is 16.7. The predicted molar refractivity (Wildman–Crippen MR) is 89.3 cm³/mol. The van der Waals surface area contributed by atoms with Crippen LogP contribution in [0.4, 0.5) is 5.69 Å². The third-order valence-electron chi connectivity index (χ3n) is 4.81. The van der Waals surface area contributed by atoms with Gasteiger partial charge in [-0.25, -0.2) is 0 Å². The first-order valence-electron chi connectivity index (χ1n) is 8.43. The van der Waals surface area contributed by atoms with E-state index in [2.05, 4.69) is 5.32 Å². The highest BCUT2D eigenvalue weighted by molar-refractivity contribution is 5.98. The zero-order chi connectivity index (χ0) is 17.1. The van der Waals surface area contributed by atoms with E-state index < -0.39 is 4.92 Å². The summed E-state index contributed by atoms with van der Waals surface area (Å²) in [4.78, 5) is 25.1. The fourth-order valence-electron chi connectivity index (χ4n) is 3.08. The Labute approximate surface area is 141 Å². The minimum absolute atomic E-state index is 0.101. The fourth-order valence-corrected chi connectivity index (χ4v) is 3.08. The quantitative estimate of drug-likeness (QED) is 0.637. The van der Waals surface area contributed by atoms with Crippen LogP contribution in [0.25, 0.3) is 0 Å². The Kier molecular flexibility index (Phi) is 4.99. The van der Waals surface area contributed by atoms with Crippen LogP contribution in [0.3, 0.4) is 0 Å². The lowest BCUT2D eigenvalue weighted by Crippen LogP contribution is -2.45. The molecule has 1 aliphatic heterocycles. The maximum atomic E-state index is 12.7. The standard InChI is InChI=1S/C17H23N3O4/c1-24-14-4-5-16(20(22)23)15(10-14)17(21)19-8-6-13(7-9-19)18-11-12-2-3-12/h4-5,10,12-13,18H,2-3,6-9,11H2,1H3. The number of hydrogen-bond acceptors (Lipinski definition) is 5. The first-order valence-corrected chi connectivity index (χ1v) is 8.43. The van der Waals surface area contributed by atoms with Gasteiger partial charge in [0.15, 0.2) is 0 Å². The number of amides is 1. The van der Waals surface area contributed by atoms with Gasteiger partial charge in [-0.2, -0.15) is 0 Å². The monoisotopic (exact) mass is 333 g/mol. The molecule has 1 heterocycles. The number of nitrogens with zero attached hydrogens (tertiary/aromatic N) is 2. The van der Waals surface area contributed by atoms with Crippen LogP contribution in [0, 0.1) is 16.0 Å². The molecule has 1 N–H and O–H groups in total. The fraction of sp³-hybridized carbons (Fsp3) is 0.588.